The quantitative estimate of drug-likeness (QED) is 0.133. The Hall–Kier alpha value is -4.05. The number of aromatic nitrogens is 3. The monoisotopic (exact) mass is 551 g/mol. The minimum atomic E-state index is -1.81. The molecule has 1 aliphatic heterocycles. The van der Waals surface area contributed by atoms with Gasteiger partial charge in [-0.2, -0.15) is 0 Å². The van der Waals surface area contributed by atoms with Crippen LogP contribution in [-0.2, 0) is 25.7 Å². The van der Waals surface area contributed by atoms with Crippen molar-refractivity contribution in [2.75, 3.05) is 6.61 Å². The molecule has 3 rings (SSSR count). The van der Waals surface area contributed by atoms with E-state index in [-0.39, 0.29) is 6.54 Å². The Morgan fingerprint density at radius 3 is 2.68 bits per heavy atom. The Morgan fingerprint density at radius 2 is 2.05 bits per heavy atom. The van der Waals surface area contributed by atoms with E-state index in [0.29, 0.717) is 16.3 Å². The van der Waals surface area contributed by atoms with Gasteiger partial charge in [-0.15, -0.1) is 5.10 Å². The first-order valence-electron chi connectivity index (χ1n) is 11.1. The van der Waals surface area contributed by atoms with E-state index < -0.39 is 66.5 Å². The summed E-state index contributed by atoms with van der Waals surface area (Å²) in [4.78, 5) is 40.0. The average molecular weight is 552 g/mol. The Labute approximate surface area is 220 Å². The summed E-state index contributed by atoms with van der Waals surface area (Å²) in [6.45, 7) is -0.00959. The van der Waals surface area contributed by atoms with E-state index in [4.69, 9.17) is 22.1 Å². The van der Waals surface area contributed by atoms with E-state index in [1.165, 1.54) is 10.9 Å². The number of benzene rings is 1. The molecule has 5 atom stereocenters. The summed E-state index contributed by atoms with van der Waals surface area (Å²) < 4.78 is 6.51. The minimum absolute atomic E-state index is 0.299. The summed E-state index contributed by atoms with van der Waals surface area (Å²) in [5, 5.41) is 52.1. The van der Waals surface area contributed by atoms with Crippen LogP contribution in [0.2, 0.25) is 5.02 Å². The van der Waals surface area contributed by atoms with Crippen LogP contribution in [0.5, 0.6) is 0 Å². The van der Waals surface area contributed by atoms with Crippen molar-refractivity contribution in [3.05, 3.63) is 47.3 Å². The lowest BCUT2D eigenvalue weighted by atomic mass is 9.92. The van der Waals surface area contributed by atoms with Gasteiger partial charge in [0, 0.05) is 17.5 Å². The van der Waals surface area contributed by atoms with Crippen LogP contribution >= 0.6 is 11.6 Å². The van der Waals surface area contributed by atoms with Gasteiger partial charge < -0.3 is 36.2 Å². The van der Waals surface area contributed by atoms with Crippen molar-refractivity contribution in [1.29, 1.82) is 0 Å². The van der Waals surface area contributed by atoms with Crippen molar-refractivity contribution in [1.82, 2.24) is 25.6 Å². The van der Waals surface area contributed by atoms with E-state index >= 15 is 0 Å². The Kier molecular flexibility index (Phi) is 9.35. The highest BCUT2D eigenvalue weighted by Crippen LogP contribution is 2.25. The zero-order chi connectivity index (χ0) is 28.0. The fourth-order valence-electron chi connectivity index (χ4n) is 3.64. The smallest absolute Gasteiger partial charge is 0.370 e. The summed E-state index contributed by atoms with van der Waals surface area (Å²) in [6.07, 6.45) is -2.52. The zero-order valence-electron chi connectivity index (χ0n) is 19.9. The third-order valence-corrected chi connectivity index (χ3v) is 5.56. The standard InChI is InChI=1S/C22H26ClN7O8/c1-10(32)25-18-13(6-16(21(36)37)38-20(18)19(35)15(33)9-31)26-22(24)27-17(34)8-30-7-14(28-29-30)11-3-2-4-12(23)5-11/h2-7,13,15,18-20,31,33,35H,8-9H2,1H3,(H,25,32)(H,36,37)(H3,24,26,27,34)/t13-,15+,18+,19+,20+/m0/s1. The normalized spacial score (nSPS) is 21.0. The van der Waals surface area contributed by atoms with E-state index in [1.807, 2.05) is 0 Å². The highest BCUT2D eigenvalue weighted by atomic mass is 35.5. The molecule has 8 N–H and O–H groups in total. The molecule has 0 radical (unpaired) electrons. The van der Waals surface area contributed by atoms with Crippen LogP contribution in [0.25, 0.3) is 11.3 Å². The maximum atomic E-state index is 12.5. The Bertz CT molecular complexity index is 1250. The number of carboxylic acids is 1. The van der Waals surface area contributed by atoms with Gasteiger partial charge in [0.1, 0.15) is 30.6 Å². The average Bonchev–Trinajstić information content (AvgIpc) is 3.31. The number of aliphatic hydroxyl groups is 3. The predicted octanol–water partition coefficient (Wildman–Crippen LogP) is -2.02. The predicted molar refractivity (Wildman–Crippen MR) is 131 cm³/mol. The van der Waals surface area contributed by atoms with E-state index in [1.54, 1.807) is 24.3 Å². The molecule has 16 heteroatoms. The third-order valence-electron chi connectivity index (χ3n) is 5.33. The van der Waals surface area contributed by atoms with Crippen LogP contribution in [0.15, 0.2) is 47.3 Å². The molecule has 0 unspecified atom stereocenters. The molecule has 0 saturated carbocycles. The largest absolute Gasteiger partial charge is 0.478 e. The first-order chi connectivity index (χ1) is 18.0. The number of rotatable bonds is 9. The molecule has 0 bridgehead atoms. The van der Waals surface area contributed by atoms with Crippen molar-refractivity contribution in [3.63, 3.8) is 0 Å². The summed E-state index contributed by atoms with van der Waals surface area (Å²) in [5.74, 6) is -3.85. The molecular weight excluding hydrogens is 526 g/mol. The third kappa shape index (κ3) is 7.25. The zero-order valence-corrected chi connectivity index (χ0v) is 20.7. The maximum absolute atomic E-state index is 12.5. The van der Waals surface area contributed by atoms with Crippen molar-refractivity contribution < 1.29 is 39.5 Å². The first-order valence-corrected chi connectivity index (χ1v) is 11.5. The highest BCUT2D eigenvalue weighted by Gasteiger charge is 2.43. The fraction of sp³-hybridized carbons (Fsp3) is 0.364. The molecule has 38 heavy (non-hydrogen) atoms. The van der Waals surface area contributed by atoms with Gasteiger partial charge in [0.25, 0.3) is 0 Å². The molecule has 0 aliphatic carbocycles. The molecule has 0 fully saturated rings. The van der Waals surface area contributed by atoms with E-state index in [0.717, 1.165) is 13.0 Å². The number of aliphatic hydroxyl groups excluding tert-OH is 3. The molecule has 0 saturated heterocycles. The second kappa shape index (κ2) is 12.5. The van der Waals surface area contributed by atoms with Crippen LogP contribution in [-0.4, -0.2) is 96.2 Å². The second-order valence-corrected chi connectivity index (χ2v) is 8.69. The molecule has 0 spiro atoms. The number of carboxylic acid groups (broad SMARTS) is 1. The van der Waals surface area contributed by atoms with E-state index in [2.05, 4.69) is 25.9 Å². The van der Waals surface area contributed by atoms with Crippen LogP contribution in [0.3, 0.4) is 0 Å². The summed E-state index contributed by atoms with van der Waals surface area (Å²) >= 11 is 5.99. The van der Waals surface area contributed by atoms with Gasteiger partial charge in [0.05, 0.1) is 24.9 Å². The molecule has 1 aliphatic rings. The van der Waals surface area contributed by atoms with Gasteiger partial charge >= 0.3 is 5.97 Å². The number of nitrogens with one attached hydrogen (secondary N) is 2. The second-order valence-electron chi connectivity index (χ2n) is 8.25. The number of nitrogens with two attached hydrogens (primary N) is 1. The number of amides is 2. The van der Waals surface area contributed by atoms with Gasteiger partial charge in [-0.1, -0.05) is 28.9 Å². The van der Waals surface area contributed by atoms with Crippen LogP contribution in [0.4, 0.5) is 0 Å². The number of ether oxygens (including phenoxy) is 1. The van der Waals surface area contributed by atoms with Crippen molar-refractivity contribution in [2.24, 2.45) is 10.7 Å². The van der Waals surface area contributed by atoms with Gasteiger partial charge in [0.2, 0.25) is 17.6 Å². The molecule has 2 aromatic rings. The Balaban J connectivity index is 1.78. The summed E-state index contributed by atoms with van der Waals surface area (Å²) in [7, 11) is 0. The lowest BCUT2D eigenvalue weighted by molar-refractivity contribution is -0.145. The molecular formula is C22H26ClN7O8. The number of hydrogen-bond acceptors (Lipinski definition) is 10. The summed E-state index contributed by atoms with van der Waals surface area (Å²) in [6, 6.07) is 4.42. The van der Waals surface area contributed by atoms with Crippen molar-refractivity contribution >= 4 is 35.3 Å². The lowest BCUT2D eigenvalue weighted by Crippen LogP contribution is -2.60. The Morgan fingerprint density at radius 1 is 1.32 bits per heavy atom. The highest BCUT2D eigenvalue weighted by molar-refractivity contribution is 6.30. The van der Waals surface area contributed by atoms with Crippen LogP contribution in [0, 0.1) is 0 Å². The van der Waals surface area contributed by atoms with Crippen LogP contribution in [0.1, 0.15) is 6.92 Å². The van der Waals surface area contributed by atoms with Gasteiger partial charge in [-0.05, 0) is 18.2 Å². The molecule has 15 nitrogen and oxygen atoms in total. The van der Waals surface area contributed by atoms with Gasteiger partial charge in [-0.25, -0.2) is 14.5 Å². The lowest BCUT2D eigenvalue weighted by Gasteiger charge is -2.38. The van der Waals surface area contributed by atoms with Gasteiger partial charge in [0.15, 0.2) is 5.96 Å². The van der Waals surface area contributed by atoms with Crippen molar-refractivity contribution in [3.8, 4) is 11.3 Å². The molecule has 1 aromatic heterocycles. The number of guanidine groups is 1. The number of halogens is 1. The van der Waals surface area contributed by atoms with E-state index in [9.17, 15) is 34.8 Å². The minimum Gasteiger partial charge on any atom is -0.478 e. The first kappa shape index (κ1) is 28.5. The molecule has 204 valence electrons. The molecule has 2 amide bonds. The van der Waals surface area contributed by atoms with Crippen LogP contribution < -0.4 is 16.4 Å². The summed E-state index contributed by atoms with van der Waals surface area (Å²) in [5.41, 5.74) is 7.04. The number of carbonyl (C=O) groups is 3. The number of aliphatic carboxylic acids is 1. The number of hydrogen-bond donors (Lipinski definition) is 7. The molecule has 1 aromatic carbocycles. The number of carbonyl (C=O) groups excluding carboxylic acids is 2. The van der Waals surface area contributed by atoms with Gasteiger partial charge in [-0.3, -0.25) is 14.9 Å². The topological polar surface area (TPSA) is 235 Å². The number of aliphatic imine (C=N–C) groups is 1. The number of nitrogens with zero attached hydrogens (tertiary/aromatic N) is 4. The molecule has 2 heterocycles. The maximum Gasteiger partial charge on any atom is 0.370 e. The fourth-order valence-corrected chi connectivity index (χ4v) is 3.83. The van der Waals surface area contributed by atoms with Crippen molar-refractivity contribution in [2.45, 2.75) is 43.9 Å². The SMILES string of the molecule is CC(=O)N[C@H]1[C@H]([C@H](O)[C@H](O)CO)OC(C(=O)O)=C[C@@H]1N=C(N)NC(=O)Cn1cc(-c2cccc(Cl)c2)nn1.